The second kappa shape index (κ2) is 8.96. The summed E-state index contributed by atoms with van der Waals surface area (Å²) in [5, 5.41) is 4.00. The molecule has 0 unspecified atom stereocenters. The highest BCUT2D eigenvalue weighted by atomic mass is 35.5. The van der Waals surface area contributed by atoms with Crippen LogP contribution < -0.4 is 10.2 Å². The molecule has 2 saturated heterocycles. The van der Waals surface area contributed by atoms with Gasteiger partial charge >= 0.3 is 6.03 Å². The summed E-state index contributed by atoms with van der Waals surface area (Å²) in [5.41, 5.74) is 1.06. The number of rotatable bonds is 4. The fourth-order valence-corrected chi connectivity index (χ4v) is 4.28. The van der Waals surface area contributed by atoms with Crippen LogP contribution in [0.15, 0.2) is 24.3 Å². The molecule has 144 valence electrons. The highest BCUT2D eigenvalue weighted by Crippen LogP contribution is 2.27. The van der Waals surface area contributed by atoms with E-state index >= 15 is 0 Å². The molecule has 2 heterocycles. The van der Waals surface area contributed by atoms with Crippen molar-refractivity contribution in [1.82, 2.24) is 15.1 Å². The molecule has 26 heavy (non-hydrogen) atoms. The molecular formula is C20H31ClN4O. The molecule has 2 aliphatic heterocycles. The normalized spacial score (nSPS) is 22.3. The van der Waals surface area contributed by atoms with Crippen molar-refractivity contribution in [1.29, 1.82) is 0 Å². The molecule has 5 nitrogen and oxygen atoms in total. The minimum absolute atomic E-state index is 0.0509. The Balaban J connectivity index is 1.50. The number of likely N-dealkylation sites (tertiary alicyclic amines) is 1. The average molecular weight is 379 g/mol. The molecule has 0 aromatic heterocycles. The molecule has 0 spiro atoms. The number of urea groups is 1. The summed E-state index contributed by atoms with van der Waals surface area (Å²) >= 11 is 6.34. The van der Waals surface area contributed by atoms with E-state index in [0.717, 1.165) is 56.3 Å². The third-order valence-corrected chi connectivity index (χ3v) is 5.98. The van der Waals surface area contributed by atoms with Crippen LogP contribution >= 0.6 is 11.6 Å². The number of amides is 2. The van der Waals surface area contributed by atoms with Gasteiger partial charge in [0.15, 0.2) is 0 Å². The van der Waals surface area contributed by atoms with Crippen molar-refractivity contribution in [2.75, 3.05) is 51.7 Å². The molecular weight excluding hydrogens is 348 g/mol. The highest BCUT2D eigenvalue weighted by molar-refractivity contribution is 6.33. The summed E-state index contributed by atoms with van der Waals surface area (Å²) in [4.78, 5) is 19.1. The molecule has 2 fully saturated rings. The van der Waals surface area contributed by atoms with E-state index < -0.39 is 0 Å². The number of carbonyl (C=O) groups excluding carboxylic acids is 1. The van der Waals surface area contributed by atoms with Crippen molar-refractivity contribution in [2.45, 2.75) is 31.7 Å². The highest BCUT2D eigenvalue weighted by Gasteiger charge is 2.25. The first kappa shape index (κ1) is 19.3. The Morgan fingerprint density at radius 1 is 1.23 bits per heavy atom. The molecule has 1 aromatic rings. The Morgan fingerprint density at radius 3 is 2.69 bits per heavy atom. The number of nitrogens with one attached hydrogen (secondary N) is 1. The Bertz CT molecular complexity index is 603. The molecule has 2 amide bonds. The van der Waals surface area contributed by atoms with Crippen molar-refractivity contribution < 1.29 is 4.79 Å². The van der Waals surface area contributed by atoms with Crippen LogP contribution in [0.25, 0.3) is 0 Å². The van der Waals surface area contributed by atoms with Crippen molar-refractivity contribution in [3.8, 4) is 0 Å². The van der Waals surface area contributed by atoms with Crippen molar-refractivity contribution in [3.63, 3.8) is 0 Å². The van der Waals surface area contributed by atoms with E-state index in [-0.39, 0.29) is 12.1 Å². The molecule has 0 radical (unpaired) electrons. The molecule has 3 rings (SSSR count). The summed E-state index contributed by atoms with van der Waals surface area (Å²) in [6.45, 7) is 4.92. The van der Waals surface area contributed by atoms with E-state index in [9.17, 15) is 4.79 Å². The van der Waals surface area contributed by atoms with E-state index in [4.69, 9.17) is 11.6 Å². The van der Waals surface area contributed by atoms with Gasteiger partial charge in [-0.1, -0.05) is 23.7 Å². The number of nitrogens with zero attached hydrogens (tertiary/aromatic N) is 3. The molecule has 1 atom stereocenters. The Kier molecular flexibility index (Phi) is 6.65. The summed E-state index contributed by atoms with van der Waals surface area (Å²) in [6, 6.07) is 8.17. The molecule has 6 heteroatoms. The summed E-state index contributed by atoms with van der Waals surface area (Å²) in [6.07, 6.45) is 4.44. The second-order valence-electron chi connectivity index (χ2n) is 7.81. The monoisotopic (exact) mass is 378 g/mol. The van der Waals surface area contributed by atoms with E-state index in [0.29, 0.717) is 5.92 Å². The number of hydrogen-bond acceptors (Lipinski definition) is 3. The maximum atomic E-state index is 12.6. The molecule has 2 aliphatic rings. The smallest absolute Gasteiger partial charge is 0.317 e. The first-order valence-corrected chi connectivity index (χ1v) is 10.1. The predicted octanol–water partition coefficient (Wildman–Crippen LogP) is 3.29. The largest absolute Gasteiger partial charge is 0.368 e. The Morgan fingerprint density at radius 2 is 1.96 bits per heavy atom. The van der Waals surface area contributed by atoms with Crippen LogP contribution in [-0.4, -0.2) is 68.7 Å². The number of carbonyl (C=O) groups is 1. The third kappa shape index (κ3) is 5.04. The van der Waals surface area contributed by atoms with Crippen LogP contribution in [0, 0.1) is 5.92 Å². The first-order valence-electron chi connectivity index (χ1n) is 9.72. The van der Waals surface area contributed by atoms with Gasteiger partial charge in [-0.25, -0.2) is 4.79 Å². The van der Waals surface area contributed by atoms with Crippen LogP contribution in [0.2, 0.25) is 5.02 Å². The van der Waals surface area contributed by atoms with Crippen LogP contribution in [0.4, 0.5) is 10.5 Å². The first-order chi connectivity index (χ1) is 12.5. The quantitative estimate of drug-likeness (QED) is 0.873. The number of benzene rings is 1. The van der Waals surface area contributed by atoms with E-state index in [1.54, 1.807) is 0 Å². The van der Waals surface area contributed by atoms with Gasteiger partial charge in [-0.15, -0.1) is 0 Å². The maximum absolute atomic E-state index is 12.6. The minimum atomic E-state index is 0.0509. The second-order valence-corrected chi connectivity index (χ2v) is 8.22. The number of anilines is 1. The van der Waals surface area contributed by atoms with Crippen LogP contribution in [-0.2, 0) is 0 Å². The van der Waals surface area contributed by atoms with E-state index in [2.05, 4.69) is 28.2 Å². The molecule has 1 aromatic carbocycles. The number of piperidine rings is 2. The van der Waals surface area contributed by atoms with Gasteiger partial charge in [-0.2, -0.15) is 0 Å². The lowest BCUT2D eigenvalue weighted by Gasteiger charge is -2.36. The lowest BCUT2D eigenvalue weighted by Crippen LogP contribution is -2.51. The number of para-hydroxylation sites is 1. The van der Waals surface area contributed by atoms with Gasteiger partial charge in [0.1, 0.15) is 0 Å². The van der Waals surface area contributed by atoms with Crippen molar-refractivity contribution in [3.05, 3.63) is 29.3 Å². The van der Waals surface area contributed by atoms with Crippen molar-refractivity contribution in [2.24, 2.45) is 5.92 Å². The van der Waals surface area contributed by atoms with E-state index in [1.165, 1.54) is 12.8 Å². The van der Waals surface area contributed by atoms with Gasteiger partial charge in [0.2, 0.25) is 0 Å². The number of hydrogen-bond donors (Lipinski definition) is 1. The number of halogens is 1. The van der Waals surface area contributed by atoms with Crippen molar-refractivity contribution >= 4 is 23.3 Å². The summed E-state index contributed by atoms with van der Waals surface area (Å²) in [5.74, 6) is 0.618. The molecule has 0 saturated carbocycles. The van der Waals surface area contributed by atoms with Gasteiger partial charge in [0.25, 0.3) is 0 Å². The Hall–Kier alpha value is -1.46. The molecule has 0 aliphatic carbocycles. The standard InChI is InChI=1S/C20H31ClN4O/c1-23-12-9-16(10-13-23)14-24(2)20(26)22-17-6-5-11-25(15-17)19-8-4-3-7-18(19)21/h3-4,7-8,16-17H,5-6,9-15H2,1-2H3,(H,22,26)/t17-/m1/s1. The topological polar surface area (TPSA) is 38.8 Å². The fourth-order valence-electron chi connectivity index (χ4n) is 4.02. The lowest BCUT2D eigenvalue weighted by molar-refractivity contribution is 0.167. The zero-order chi connectivity index (χ0) is 18.5. The van der Waals surface area contributed by atoms with Gasteiger partial charge in [-0.3, -0.25) is 0 Å². The average Bonchev–Trinajstić information content (AvgIpc) is 2.64. The third-order valence-electron chi connectivity index (χ3n) is 5.66. The molecule has 1 N–H and O–H groups in total. The maximum Gasteiger partial charge on any atom is 0.317 e. The SMILES string of the molecule is CN1CCC(CN(C)C(=O)N[C@@H]2CCCN(c3ccccc3Cl)C2)CC1. The minimum Gasteiger partial charge on any atom is -0.368 e. The van der Waals surface area contributed by atoms with E-state index in [1.807, 2.05) is 30.1 Å². The van der Waals surface area contributed by atoms with Gasteiger partial charge in [0.05, 0.1) is 10.7 Å². The van der Waals surface area contributed by atoms with Gasteiger partial charge < -0.3 is 20.0 Å². The van der Waals surface area contributed by atoms with Crippen LogP contribution in [0.3, 0.4) is 0 Å². The molecule has 0 bridgehead atoms. The predicted molar refractivity (Wildman–Crippen MR) is 108 cm³/mol. The van der Waals surface area contributed by atoms with Gasteiger partial charge in [0, 0.05) is 32.7 Å². The fraction of sp³-hybridized carbons (Fsp3) is 0.650. The lowest BCUT2D eigenvalue weighted by atomic mass is 9.97. The Labute approximate surface area is 162 Å². The summed E-state index contributed by atoms with van der Waals surface area (Å²) < 4.78 is 0. The van der Waals surface area contributed by atoms with Crippen LogP contribution in [0.5, 0.6) is 0 Å². The van der Waals surface area contributed by atoms with Crippen LogP contribution in [0.1, 0.15) is 25.7 Å². The zero-order valence-corrected chi connectivity index (χ0v) is 16.7. The summed E-state index contributed by atoms with van der Waals surface area (Å²) in [7, 11) is 4.09. The zero-order valence-electron chi connectivity index (χ0n) is 16.0. The van der Waals surface area contributed by atoms with Gasteiger partial charge in [-0.05, 0) is 63.9 Å².